The first-order chi connectivity index (χ1) is 1.00. The van der Waals surface area contributed by atoms with E-state index in [1.54, 1.807) is 0 Å². The van der Waals surface area contributed by atoms with Crippen LogP contribution < -0.4 is 12.4 Å². The van der Waals surface area contributed by atoms with Crippen molar-refractivity contribution in [1.82, 2.24) is 0 Å². The van der Waals surface area contributed by atoms with Crippen molar-refractivity contribution in [3.63, 3.8) is 0 Å². The van der Waals surface area contributed by atoms with Crippen LogP contribution in [0.3, 0.4) is 0 Å². The van der Waals surface area contributed by atoms with Crippen LogP contribution in [-0.2, 0) is 22.4 Å². The first-order valence-corrected chi connectivity index (χ1v) is 2.23. The van der Waals surface area contributed by atoms with Gasteiger partial charge in [-0.05, 0) is 10.1 Å². The van der Waals surface area contributed by atoms with Gasteiger partial charge in [0.2, 0.25) is 0 Å². The van der Waals surface area contributed by atoms with Crippen LogP contribution in [0, 0.1) is 0 Å². The van der Waals surface area contributed by atoms with Gasteiger partial charge in [0, 0.05) is 15.0 Å². The van der Waals surface area contributed by atoms with Crippen molar-refractivity contribution in [2.24, 2.45) is 0 Å². The minimum absolute atomic E-state index is 0. The van der Waals surface area contributed by atoms with Gasteiger partial charge >= 0.3 is 22.4 Å². The summed E-state index contributed by atoms with van der Waals surface area (Å²) in [4.78, 5) is 0. The Morgan fingerprint density at radius 2 is 1.25 bits per heavy atom. The van der Waals surface area contributed by atoms with E-state index in [-0.39, 0.29) is 34.8 Å². The van der Waals surface area contributed by atoms with E-state index in [2.05, 4.69) is 25.1 Å². The molecule has 0 radical (unpaired) electrons. The smallest absolute Gasteiger partial charge is 1.00 e. The maximum Gasteiger partial charge on any atom is 1.00 e. The zero-order valence-corrected chi connectivity index (χ0v) is 6.02. The molecule has 4 heteroatoms. The summed E-state index contributed by atoms with van der Waals surface area (Å²) < 4.78 is 0. The van der Waals surface area contributed by atoms with Crippen molar-refractivity contribution in [2.75, 3.05) is 0 Å². The Bertz CT molecular complexity index is 6.00. The molecule has 0 aromatic carbocycles. The molecule has 32 valence electrons. The summed E-state index contributed by atoms with van der Waals surface area (Å²) in [5.41, 5.74) is 0. The van der Waals surface area contributed by atoms with E-state index in [4.69, 9.17) is 0 Å². The van der Waals surface area contributed by atoms with Crippen molar-refractivity contribution in [3.05, 3.63) is 0 Å². The van der Waals surface area contributed by atoms with Crippen molar-refractivity contribution in [1.29, 1.82) is 0 Å². The van der Waals surface area contributed by atoms with Gasteiger partial charge < -0.3 is 12.4 Å². The van der Waals surface area contributed by atoms with Gasteiger partial charge in [-0.3, -0.25) is 0 Å². The molecule has 0 fully saturated rings. The van der Waals surface area contributed by atoms with E-state index < -0.39 is 0 Å². The third-order valence-corrected chi connectivity index (χ3v) is 0. The molecule has 0 saturated heterocycles. The van der Waals surface area contributed by atoms with Crippen LogP contribution in [0.2, 0.25) is 0 Å². The van der Waals surface area contributed by atoms with E-state index in [0.717, 1.165) is 0 Å². The Balaban J connectivity index is -0.00000000500. The van der Waals surface area contributed by atoms with E-state index >= 15 is 0 Å². The maximum atomic E-state index is 4.45. The molecular formula is AgBrCl2. The Morgan fingerprint density at radius 1 is 1.25 bits per heavy atom. The zero-order valence-electron chi connectivity index (χ0n) is 1.44. The summed E-state index contributed by atoms with van der Waals surface area (Å²) in [7, 11) is 4.45. The normalized spacial score (nSPS) is 1.50. The molecule has 0 amide bonds. The molecule has 0 aliphatic heterocycles. The van der Waals surface area contributed by atoms with E-state index in [9.17, 15) is 0 Å². The molecule has 0 spiro atoms. The number of halogens is 3. The summed E-state index contributed by atoms with van der Waals surface area (Å²) in [5.74, 6) is 0. The topological polar surface area (TPSA) is 0 Å². The van der Waals surface area contributed by atoms with E-state index in [1.807, 2.05) is 0 Å². The number of rotatable bonds is 0. The summed E-state index contributed by atoms with van der Waals surface area (Å²) in [5, 5.41) is 0. The zero-order chi connectivity index (χ0) is 2.00. The SMILES string of the molecule is ClBr.[Ag+].[Cl-]. The van der Waals surface area contributed by atoms with Crippen molar-refractivity contribution >= 4 is 25.1 Å². The van der Waals surface area contributed by atoms with Crippen LogP contribution in [0.15, 0.2) is 0 Å². The Morgan fingerprint density at radius 3 is 1.25 bits per heavy atom. The summed E-state index contributed by atoms with van der Waals surface area (Å²) in [6, 6.07) is 0. The summed E-state index contributed by atoms with van der Waals surface area (Å²) in [6.45, 7) is 0. The molecule has 0 bridgehead atoms. The maximum absolute atomic E-state index is 4.45. The van der Waals surface area contributed by atoms with Gasteiger partial charge in [-0.15, -0.1) is 0 Å². The van der Waals surface area contributed by atoms with Gasteiger partial charge in [0.1, 0.15) is 0 Å². The van der Waals surface area contributed by atoms with Gasteiger partial charge in [-0.2, -0.15) is 0 Å². The number of hydrogen-bond acceptors (Lipinski definition) is 0. The summed E-state index contributed by atoms with van der Waals surface area (Å²) >= 11 is 2.41. The first-order valence-electron chi connectivity index (χ1n) is 0.143. The molecule has 0 N–H and O–H groups in total. The predicted octanol–water partition coefficient (Wildman–Crippen LogP) is -1.46. The Labute approximate surface area is 59.6 Å². The Kier molecular flexibility index (Phi) is 91.1. The molecule has 4 heavy (non-hydrogen) atoms. The number of hydrogen-bond donors (Lipinski definition) is 0. The molecule has 0 rings (SSSR count). The van der Waals surface area contributed by atoms with Gasteiger partial charge in [-0.25, -0.2) is 0 Å². The van der Waals surface area contributed by atoms with E-state index in [1.165, 1.54) is 0 Å². The molecular weight excluding hydrogens is 259 g/mol. The molecule has 0 atom stereocenters. The molecule has 0 nitrogen and oxygen atoms in total. The van der Waals surface area contributed by atoms with Gasteiger partial charge in [0.05, 0.1) is 0 Å². The minimum Gasteiger partial charge on any atom is -1.00 e. The minimum atomic E-state index is 0. The average molecular weight is 259 g/mol. The Hall–Kier alpha value is 1.80. The van der Waals surface area contributed by atoms with Crippen LogP contribution in [0.4, 0.5) is 0 Å². The second-order valence-corrected chi connectivity index (χ2v) is 0. The van der Waals surface area contributed by atoms with Crippen LogP contribution in [0.25, 0.3) is 0 Å². The third kappa shape index (κ3) is 9.19. The molecule has 0 unspecified atom stereocenters. The largest absolute Gasteiger partial charge is 1.00 e. The molecule has 0 aromatic heterocycles. The fourth-order valence-corrected chi connectivity index (χ4v) is 0. The van der Waals surface area contributed by atoms with Crippen LogP contribution in [0.5, 0.6) is 0 Å². The third-order valence-electron chi connectivity index (χ3n) is 0. The van der Waals surface area contributed by atoms with E-state index in [0.29, 0.717) is 0 Å². The second kappa shape index (κ2) is 21.4. The van der Waals surface area contributed by atoms with Crippen LogP contribution >= 0.6 is 25.1 Å². The molecule has 0 heterocycles. The fraction of sp³-hybridized carbons (Fsp3) is 0. The van der Waals surface area contributed by atoms with Crippen molar-refractivity contribution in [2.45, 2.75) is 0 Å². The van der Waals surface area contributed by atoms with Crippen molar-refractivity contribution < 1.29 is 34.8 Å². The second-order valence-electron chi connectivity index (χ2n) is 0. The fourth-order valence-electron chi connectivity index (χ4n) is 0. The predicted molar refractivity (Wildman–Crippen MR) is 14.8 cm³/mol. The summed E-state index contributed by atoms with van der Waals surface area (Å²) in [6.07, 6.45) is 0. The molecule has 0 aromatic rings. The van der Waals surface area contributed by atoms with Gasteiger partial charge in [0.25, 0.3) is 0 Å². The van der Waals surface area contributed by atoms with Crippen LogP contribution in [-0.4, -0.2) is 0 Å². The molecule has 0 aliphatic rings. The van der Waals surface area contributed by atoms with Gasteiger partial charge in [-0.1, -0.05) is 0 Å². The first kappa shape index (κ1) is 17.0. The molecule has 0 saturated carbocycles. The monoisotopic (exact) mass is 256 g/mol. The standard InChI is InChI=1S/Ag.BrCl.ClH/c;1-2;/h;;1H/q+1;;/p-1. The van der Waals surface area contributed by atoms with Crippen LogP contribution in [0.1, 0.15) is 0 Å². The quantitative estimate of drug-likeness (QED) is 0.466. The average Bonchev–Trinajstić information content (AvgIpc) is 1.00. The molecule has 0 aliphatic carbocycles. The van der Waals surface area contributed by atoms with Gasteiger partial charge in [0.15, 0.2) is 0 Å². The van der Waals surface area contributed by atoms with Crippen molar-refractivity contribution in [3.8, 4) is 0 Å².